The number of halogens is 2. The van der Waals surface area contributed by atoms with Gasteiger partial charge in [-0.15, -0.1) is 0 Å². The van der Waals surface area contributed by atoms with Gasteiger partial charge in [0.1, 0.15) is 5.82 Å². The molecule has 1 aliphatic rings. The van der Waals surface area contributed by atoms with Crippen LogP contribution >= 0.6 is 11.6 Å². The van der Waals surface area contributed by atoms with E-state index in [9.17, 15) is 9.18 Å². The van der Waals surface area contributed by atoms with Crippen LogP contribution in [0.5, 0.6) is 0 Å². The molecular formula is C21H20ClFN4O2. The fraction of sp³-hybridized carbons (Fsp3) is 0.286. The van der Waals surface area contributed by atoms with Crippen molar-refractivity contribution in [2.75, 3.05) is 26.2 Å². The number of rotatable bonds is 4. The van der Waals surface area contributed by atoms with Gasteiger partial charge in [0.05, 0.1) is 12.1 Å². The van der Waals surface area contributed by atoms with Gasteiger partial charge in [0.15, 0.2) is 0 Å². The number of carbonyl (C=O) groups is 1. The molecule has 1 aliphatic heterocycles. The molecule has 2 aromatic carbocycles. The lowest BCUT2D eigenvalue weighted by Gasteiger charge is -2.34. The lowest BCUT2D eigenvalue weighted by molar-refractivity contribution is 0.0610. The summed E-state index contributed by atoms with van der Waals surface area (Å²) in [6, 6.07) is 12.0. The largest absolute Gasteiger partial charge is 0.338 e. The molecule has 0 atom stereocenters. The molecule has 0 bridgehead atoms. The molecule has 1 aromatic heterocycles. The first-order chi connectivity index (χ1) is 14.0. The Hall–Kier alpha value is -2.77. The fourth-order valence-electron chi connectivity index (χ4n) is 3.27. The molecule has 0 radical (unpaired) electrons. The Balaban J connectivity index is 1.35. The van der Waals surface area contributed by atoms with Crippen molar-refractivity contribution in [1.82, 2.24) is 19.9 Å². The second kappa shape index (κ2) is 8.31. The van der Waals surface area contributed by atoms with E-state index in [-0.39, 0.29) is 11.5 Å². The maximum Gasteiger partial charge on any atom is 0.256 e. The van der Waals surface area contributed by atoms with Crippen molar-refractivity contribution in [2.24, 2.45) is 0 Å². The lowest BCUT2D eigenvalue weighted by atomic mass is 10.1. The summed E-state index contributed by atoms with van der Waals surface area (Å²) in [5.74, 6) is 0.187. The second-order valence-corrected chi connectivity index (χ2v) is 7.51. The average Bonchev–Trinajstić information content (AvgIpc) is 3.19. The summed E-state index contributed by atoms with van der Waals surface area (Å²) < 4.78 is 19.3. The summed E-state index contributed by atoms with van der Waals surface area (Å²) in [4.78, 5) is 20.8. The minimum atomic E-state index is -0.559. The van der Waals surface area contributed by atoms with E-state index in [1.807, 2.05) is 31.2 Å². The van der Waals surface area contributed by atoms with Crippen molar-refractivity contribution in [2.45, 2.75) is 13.5 Å². The molecule has 4 rings (SSSR count). The number of aromatic nitrogens is 2. The topological polar surface area (TPSA) is 62.5 Å². The number of hydrogen-bond acceptors (Lipinski definition) is 5. The Labute approximate surface area is 172 Å². The predicted molar refractivity (Wildman–Crippen MR) is 107 cm³/mol. The molecule has 8 heteroatoms. The summed E-state index contributed by atoms with van der Waals surface area (Å²) in [5.41, 5.74) is 2.08. The van der Waals surface area contributed by atoms with Crippen LogP contribution in [0.15, 0.2) is 47.0 Å². The van der Waals surface area contributed by atoms with Crippen molar-refractivity contribution < 1.29 is 13.7 Å². The highest BCUT2D eigenvalue weighted by Gasteiger charge is 2.25. The number of nitrogens with zero attached hydrogens (tertiary/aromatic N) is 4. The van der Waals surface area contributed by atoms with Gasteiger partial charge in [0, 0.05) is 36.8 Å². The maximum absolute atomic E-state index is 14.0. The Morgan fingerprint density at radius 2 is 1.86 bits per heavy atom. The summed E-state index contributed by atoms with van der Waals surface area (Å²) in [6.45, 7) is 4.78. The lowest BCUT2D eigenvalue weighted by Crippen LogP contribution is -2.48. The zero-order valence-corrected chi connectivity index (χ0v) is 16.7. The fourth-order valence-corrected chi connectivity index (χ4v) is 3.44. The Kier molecular flexibility index (Phi) is 5.60. The molecule has 1 saturated heterocycles. The second-order valence-electron chi connectivity index (χ2n) is 7.07. The molecule has 6 nitrogen and oxygen atoms in total. The SMILES string of the molecule is Cc1ccc(-c2noc(CN3CCN(C(=O)c4cc(Cl)ccc4F)CC3)n2)cc1. The third kappa shape index (κ3) is 4.46. The van der Waals surface area contributed by atoms with Crippen LogP contribution in [0.2, 0.25) is 5.02 Å². The van der Waals surface area contributed by atoms with E-state index >= 15 is 0 Å². The number of hydrogen-bond donors (Lipinski definition) is 0. The molecule has 150 valence electrons. The molecule has 0 saturated carbocycles. The van der Waals surface area contributed by atoms with Crippen LogP contribution in [-0.4, -0.2) is 52.0 Å². The first kappa shape index (κ1) is 19.5. The Morgan fingerprint density at radius 3 is 2.59 bits per heavy atom. The average molecular weight is 415 g/mol. The van der Waals surface area contributed by atoms with E-state index < -0.39 is 5.82 Å². The molecular weight excluding hydrogens is 395 g/mol. The van der Waals surface area contributed by atoms with E-state index in [0.29, 0.717) is 49.5 Å². The summed E-state index contributed by atoms with van der Waals surface area (Å²) in [7, 11) is 0. The van der Waals surface area contributed by atoms with Crippen molar-refractivity contribution in [1.29, 1.82) is 0 Å². The first-order valence-corrected chi connectivity index (χ1v) is 9.74. The van der Waals surface area contributed by atoms with Crippen LogP contribution in [-0.2, 0) is 6.54 Å². The number of amides is 1. The van der Waals surface area contributed by atoms with Gasteiger partial charge in [-0.3, -0.25) is 9.69 Å². The van der Waals surface area contributed by atoms with Gasteiger partial charge >= 0.3 is 0 Å². The van der Waals surface area contributed by atoms with Crippen molar-refractivity contribution in [3.63, 3.8) is 0 Å². The molecule has 0 N–H and O–H groups in total. The molecule has 1 fully saturated rings. The first-order valence-electron chi connectivity index (χ1n) is 9.36. The van der Waals surface area contributed by atoms with Crippen LogP contribution < -0.4 is 0 Å². The number of carbonyl (C=O) groups excluding carboxylic acids is 1. The highest BCUT2D eigenvalue weighted by atomic mass is 35.5. The molecule has 2 heterocycles. The third-order valence-electron chi connectivity index (χ3n) is 4.96. The van der Waals surface area contributed by atoms with E-state index in [2.05, 4.69) is 15.0 Å². The molecule has 29 heavy (non-hydrogen) atoms. The summed E-state index contributed by atoms with van der Waals surface area (Å²) >= 11 is 5.90. The van der Waals surface area contributed by atoms with E-state index in [4.69, 9.17) is 16.1 Å². The normalized spacial score (nSPS) is 14.9. The van der Waals surface area contributed by atoms with E-state index in [1.165, 1.54) is 23.8 Å². The van der Waals surface area contributed by atoms with Crippen LogP contribution in [0.3, 0.4) is 0 Å². The van der Waals surface area contributed by atoms with Gasteiger partial charge in [-0.2, -0.15) is 4.98 Å². The minimum Gasteiger partial charge on any atom is -0.338 e. The monoisotopic (exact) mass is 414 g/mol. The van der Waals surface area contributed by atoms with Gasteiger partial charge < -0.3 is 9.42 Å². The van der Waals surface area contributed by atoms with Gasteiger partial charge in [0.2, 0.25) is 11.7 Å². The smallest absolute Gasteiger partial charge is 0.256 e. The molecule has 0 aliphatic carbocycles. The quantitative estimate of drug-likeness (QED) is 0.649. The molecule has 0 spiro atoms. The van der Waals surface area contributed by atoms with E-state index in [1.54, 1.807) is 4.90 Å². The van der Waals surface area contributed by atoms with Crippen molar-refractivity contribution in [3.8, 4) is 11.4 Å². The number of aryl methyl sites for hydroxylation is 1. The van der Waals surface area contributed by atoms with Crippen LogP contribution in [0.4, 0.5) is 4.39 Å². The van der Waals surface area contributed by atoms with Crippen LogP contribution in [0, 0.1) is 12.7 Å². The maximum atomic E-state index is 14.0. The number of piperazine rings is 1. The number of benzene rings is 2. The Bertz CT molecular complexity index is 1010. The van der Waals surface area contributed by atoms with Crippen LogP contribution in [0.25, 0.3) is 11.4 Å². The highest BCUT2D eigenvalue weighted by Crippen LogP contribution is 2.19. The predicted octanol–water partition coefficient (Wildman–Crippen LogP) is 3.80. The summed E-state index contributed by atoms with van der Waals surface area (Å²) in [5, 5.41) is 4.39. The van der Waals surface area contributed by atoms with Gasteiger partial charge in [-0.25, -0.2) is 4.39 Å². The summed E-state index contributed by atoms with van der Waals surface area (Å²) in [6.07, 6.45) is 0. The zero-order chi connectivity index (χ0) is 20.4. The van der Waals surface area contributed by atoms with Crippen LogP contribution in [0.1, 0.15) is 21.8 Å². The zero-order valence-electron chi connectivity index (χ0n) is 15.9. The Morgan fingerprint density at radius 1 is 1.14 bits per heavy atom. The minimum absolute atomic E-state index is 0.00518. The van der Waals surface area contributed by atoms with Crippen molar-refractivity contribution >= 4 is 17.5 Å². The molecule has 3 aromatic rings. The molecule has 1 amide bonds. The van der Waals surface area contributed by atoms with Gasteiger partial charge in [-0.1, -0.05) is 46.6 Å². The van der Waals surface area contributed by atoms with Gasteiger partial charge in [0.25, 0.3) is 5.91 Å². The van der Waals surface area contributed by atoms with E-state index in [0.717, 1.165) is 5.56 Å². The van der Waals surface area contributed by atoms with Crippen molar-refractivity contribution in [3.05, 3.63) is 70.3 Å². The van der Waals surface area contributed by atoms with Gasteiger partial charge in [-0.05, 0) is 25.1 Å². The highest BCUT2D eigenvalue weighted by molar-refractivity contribution is 6.31. The molecule has 0 unspecified atom stereocenters. The standard InChI is InChI=1S/C21H20ClFN4O2/c1-14-2-4-15(5-3-14)20-24-19(29-25-20)13-26-8-10-27(11-9-26)21(28)17-12-16(22)6-7-18(17)23/h2-7,12H,8-11,13H2,1H3. The third-order valence-corrected chi connectivity index (χ3v) is 5.19.